The molecule has 8 heteroatoms. The van der Waals surface area contributed by atoms with Gasteiger partial charge < -0.3 is 20.0 Å². The van der Waals surface area contributed by atoms with E-state index in [4.69, 9.17) is 0 Å². The number of hydrogen-bond acceptors (Lipinski definition) is 5. The van der Waals surface area contributed by atoms with E-state index in [1.807, 2.05) is 18.7 Å². The molecule has 0 radical (unpaired) electrons. The zero-order valence-electron chi connectivity index (χ0n) is 23.3. The van der Waals surface area contributed by atoms with Crippen molar-refractivity contribution >= 4 is 29.5 Å². The molecular formula is C28H46N2O5S. The van der Waals surface area contributed by atoms with Crippen molar-refractivity contribution in [3.8, 4) is 0 Å². The lowest BCUT2D eigenvalue weighted by molar-refractivity contribution is -0.151. The lowest BCUT2D eigenvalue weighted by Gasteiger charge is -2.48. The highest BCUT2D eigenvalue weighted by Gasteiger charge is 2.77. The molecule has 0 aliphatic carbocycles. The molecule has 0 aromatic heterocycles. The van der Waals surface area contributed by atoms with Gasteiger partial charge in [-0.15, -0.1) is 18.3 Å². The molecule has 3 fully saturated rings. The van der Waals surface area contributed by atoms with Crippen molar-refractivity contribution in [3.05, 3.63) is 12.7 Å². The van der Waals surface area contributed by atoms with Crippen LogP contribution in [0.5, 0.6) is 0 Å². The van der Waals surface area contributed by atoms with Crippen molar-refractivity contribution < 1.29 is 24.6 Å². The fraction of sp³-hybridized carbons (Fsp3) is 0.821. The summed E-state index contributed by atoms with van der Waals surface area (Å²) in [5.41, 5.74) is -0.559. The maximum atomic E-state index is 14.7. The smallest absolute Gasteiger partial charge is 0.308 e. The number of carbonyl (C=O) groups is 3. The lowest BCUT2D eigenvalue weighted by atomic mass is 9.66. The maximum Gasteiger partial charge on any atom is 0.308 e. The number of carboxylic acid groups (broad SMARTS) is 1. The summed E-state index contributed by atoms with van der Waals surface area (Å²) >= 11 is 1.55. The number of thioether (sulfide) groups is 1. The summed E-state index contributed by atoms with van der Waals surface area (Å²) in [4.78, 5) is 44.8. The van der Waals surface area contributed by atoms with E-state index in [-0.39, 0.29) is 40.9 Å². The van der Waals surface area contributed by atoms with Gasteiger partial charge in [0.05, 0.1) is 29.2 Å². The Bertz CT molecular complexity index is 899. The van der Waals surface area contributed by atoms with Gasteiger partial charge in [-0.05, 0) is 43.9 Å². The summed E-state index contributed by atoms with van der Waals surface area (Å²) in [5.74, 6) is -3.03. The average molecular weight is 523 g/mol. The van der Waals surface area contributed by atoms with Crippen LogP contribution in [-0.4, -0.2) is 78.6 Å². The van der Waals surface area contributed by atoms with Crippen LogP contribution in [0.4, 0.5) is 0 Å². The highest BCUT2D eigenvalue weighted by atomic mass is 32.2. The molecule has 8 atom stereocenters. The SMILES string of the molecule is C=CCN(C(=O)C1N([C@@H](CO)[C@@H](C)CC)C(=O)[C@@H]2[C@H](C(=O)O)[C@@H]3CC(C)C12S3)C(C)(C)CC(C)(C)C. The Balaban J connectivity index is 2.20. The van der Waals surface area contributed by atoms with Crippen LogP contribution < -0.4 is 0 Å². The fourth-order valence-corrected chi connectivity index (χ4v) is 9.89. The van der Waals surface area contributed by atoms with Gasteiger partial charge in [-0.25, -0.2) is 0 Å². The largest absolute Gasteiger partial charge is 0.481 e. The molecule has 2 bridgehead atoms. The minimum Gasteiger partial charge on any atom is -0.481 e. The first-order chi connectivity index (χ1) is 16.6. The minimum absolute atomic E-state index is 0.00332. The monoisotopic (exact) mass is 522 g/mol. The Kier molecular flexibility index (Phi) is 8.04. The number of fused-ring (bicyclic) bond motifs is 1. The van der Waals surface area contributed by atoms with Crippen molar-refractivity contribution in [2.45, 2.75) is 102 Å². The highest BCUT2D eigenvalue weighted by Crippen LogP contribution is 2.69. The van der Waals surface area contributed by atoms with Gasteiger partial charge in [0.1, 0.15) is 6.04 Å². The third kappa shape index (κ3) is 4.50. The van der Waals surface area contributed by atoms with E-state index >= 15 is 0 Å². The van der Waals surface area contributed by atoms with Crippen LogP contribution >= 0.6 is 11.8 Å². The zero-order chi connectivity index (χ0) is 27.4. The van der Waals surface area contributed by atoms with Crippen LogP contribution in [0.25, 0.3) is 0 Å². The summed E-state index contributed by atoms with van der Waals surface area (Å²) in [6.07, 6.45) is 3.87. The number of carbonyl (C=O) groups excluding carboxylic acids is 2. The third-order valence-corrected chi connectivity index (χ3v) is 10.9. The Morgan fingerprint density at radius 2 is 1.92 bits per heavy atom. The molecule has 3 heterocycles. The number of hydrogen-bond donors (Lipinski definition) is 2. The maximum absolute atomic E-state index is 14.7. The number of likely N-dealkylation sites (tertiary alicyclic amines) is 1. The summed E-state index contributed by atoms with van der Waals surface area (Å²) in [7, 11) is 0. The van der Waals surface area contributed by atoms with Gasteiger partial charge in [-0.3, -0.25) is 14.4 Å². The quantitative estimate of drug-likeness (QED) is 0.420. The Hall–Kier alpha value is -1.54. The molecule has 3 unspecified atom stereocenters. The minimum atomic E-state index is -0.965. The molecule has 0 saturated carbocycles. The predicted octanol–water partition coefficient (Wildman–Crippen LogP) is 4.04. The first-order valence-electron chi connectivity index (χ1n) is 13.3. The van der Waals surface area contributed by atoms with Crippen molar-refractivity contribution in [2.75, 3.05) is 13.2 Å². The zero-order valence-corrected chi connectivity index (χ0v) is 24.1. The summed E-state index contributed by atoms with van der Waals surface area (Å²) in [5, 5.41) is 20.4. The molecule has 3 rings (SSSR count). The molecule has 36 heavy (non-hydrogen) atoms. The van der Waals surface area contributed by atoms with Crippen LogP contribution in [-0.2, 0) is 14.4 Å². The second kappa shape index (κ2) is 9.97. The van der Waals surface area contributed by atoms with Gasteiger partial charge in [0.15, 0.2) is 0 Å². The molecule has 7 nitrogen and oxygen atoms in total. The van der Waals surface area contributed by atoms with Gasteiger partial charge >= 0.3 is 5.97 Å². The van der Waals surface area contributed by atoms with Crippen LogP contribution in [0, 0.1) is 29.1 Å². The first-order valence-corrected chi connectivity index (χ1v) is 14.2. The summed E-state index contributed by atoms with van der Waals surface area (Å²) in [6, 6.07) is -1.37. The van der Waals surface area contributed by atoms with E-state index in [1.165, 1.54) is 0 Å². The van der Waals surface area contributed by atoms with Crippen LogP contribution in [0.15, 0.2) is 12.7 Å². The van der Waals surface area contributed by atoms with Gasteiger partial charge in [-0.1, -0.05) is 54.0 Å². The van der Waals surface area contributed by atoms with Crippen molar-refractivity contribution in [1.82, 2.24) is 9.80 Å². The van der Waals surface area contributed by atoms with Crippen LogP contribution in [0.3, 0.4) is 0 Å². The molecule has 1 spiro atoms. The lowest BCUT2D eigenvalue weighted by Crippen LogP contribution is -2.63. The molecule has 204 valence electrons. The molecule has 3 aliphatic heterocycles. The van der Waals surface area contributed by atoms with E-state index < -0.39 is 40.2 Å². The highest BCUT2D eigenvalue weighted by molar-refractivity contribution is 8.02. The first kappa shape index (κ1) is 29.0. The van der Waals surface area contributed by atoms with E-state index in [0.29, 0.717) is 13.0 Å². The van der Waals surface area contributed by atoms with E-state index in [0.717, 1.165) is 12.8 Å². The molecule has 2 N–H and O–H groups in total. The molecular weight excluding hydrogens is 476 g/mol. The van der Waals surface area contributed by atoms with Crippen LogP contribution in [0.1, 0.15) is 74.7 Å². The Morgan fingerprint density at radius 3 is 2.39 bits per heavy atom. The Labute approximate surface area is 221 Å². The number of rotatable bonds is 10. The number of aliphatic hydroxyl groups excluding tert-OH is 1. The fourth-order valence-electron chi connectivity index (χ4n) is 7.50. The average Bonchev–Trinajstić information content (AvgIpc) is 3.34. The third-order valence-electron chi connectivity index (χ3n) is 8.82. The topological polar surface area (TPSA) is 98.2 Å². The van der Waals surface area contributed by atoms with Crippen molar-refractivity contribution in [3.63, 3.8) is 0 Å². The second-order valence-corrected chi connectivity index (χ2v) is 14.6. The number of nitrogens with zero attached hydrogens (tertiary/aromatic N) is 2. The Morgan fingerprint density at radius 1 is 1.31 bits per heavy atom. The van der Waals surface area contributed by atoms with Crippen LogP contribution in [0.2, 0.25) is 0 Å². The number of aliphatic hydroxyl groups is 1. The number of amides is 2. The van der Waals surface area contributed by atoms with E-state index in [2.05, 4.69) is 48.1 Å². The van der Waals surface area contributed by atoms with E-state index in [9.17, 15) is 24.6 Å². The summed E-state index contributed by atoms with van der Waals surface area (Å²) in [6.45, 7) is 20.6. The van der Waals surface area contributed by atoms with Gasteiger partial charge in [0, 0.05) is 17.3 Å². The van der Waals surface area contributed by atoms with Gasteiger partial charge in [0.2, 0.25) is 11.8 Å². The van der Waals surface area contributed by atoms with Gasteiger partial charge in [-0.2, -0.15) is 0 Å². The van der Waals surface area contributed by atoms with E-state index in [1.54, 1.807) is 22.7 Å². The summed E-state index contributed by atoms with van der Waals surface area (Å²) < 4.78 is -0.819. The van der Waals surface area contributed by atoms with Crippen molar-refractivity contribution in [2.24, 2.45) is 29.1 Å². The predicted molar refractivity (Wildman–Crippen MR) is 144 cm³/mol. The molecule has 0 aromatic rings. The van der Waals surface area contributed by atoms with Gasteiger partial charge in [0.25, 0.3) is 0 Å². The second-order valence-electron chi connectivity index (χ2n) is 13.1. The normalized spacial score (nSPS) is 33.4. The molecule has 3 saturated heterocycles. The standard InChI is InChI=1S/C28H46N2O5S/c1-10-12-29(27(8,9)15-26(5,6)7)24(33)22-28-17(4)13-19(36-28)20(25(34)35)21(28)23(32)30(22)18(14-31)16(3)11-2/h10,16-22,31H,1,11-15H2,2-9H3,(H,34,35)/t16-,17?,18-,19-,20+,21-,22?,28?/m0/s1. The molecule has 2 amide bonds. The molecule has 0 aromatic carbocycles. The van der Waals surface area contributed by atoms with Crippen molar-refractivity contribution in [1.29, 1.82) is 0 Å². The molecule has 3 aliphatic rings. The number of aliphatic carboxylic acids is 1. The number of carboxylic acids is 1.